The maximum absolute atomic E-state index is 5.48. The Morgan fingerprint density at radius 3 is 1.12 bits per heavy atom. The third-order valence-corrected chi connectivity index (χ3v) is 8.14. The minimum absolute atomic E-state index is 0.958. The Morgan fingerprint density at radius 1 is 0.452 bits per heavy atom. The molecule has 0 fully saturated rings. The van der Waals surface area contributed by atoms with Gasteiger partial charge in [0.05, 0.1) is 25.6 Å². The van der Waals surface area contributed by atoms with Gasteiger partial charge in [-0.25, -0.2) is 0 Å². The van der Waals surface area contributed by atoms with Crippen LogP contribution in [0.2, 0.25) is 0 Å². The smallest absolute Gasteiger partial charge is 0.142 e. The van der Waals surface area contributed by atoms with Crippen LogP contribution in [-0.2, 0) is 0 Å². The largest absolute Gasteiger partial charge is 0.495 e. The molecule has 6 nitrogen and oxygen atoms in total. The van der Waals surface area contributed by atoms with Crippen molar-refractivity contribution in [2.45, 2.75) is 89.9 Å². The first-order chi connectivity index (χ1) is 20.7. The first kappa shape index (κ1) is 35.8. The molecule has 0 spiro atoms. The van der Waals surface area contributed by atoms with Crippen molar-refractivity contribution < 1.29 is 9.47 Å². The molecule has 0 aromatic heterocycles. The minimum atomic E-state index is 0.958. The number of anilines is 2. The summed E-state index contributed by atoms with van der Waals surface area (Å²) in [7, 11) is 7.81. The number of nitrogens with zero attached hydrogens (tertiary/aromatic N) is 2. The predicted molar refractivity (Wildman–Crippen MR) is 183 cm³/mol. The van der Waals surface area contributed by atoms with Crippen molar-refractivity contribution in [1.29, 1.82) is 0 Å². The van der Waals surface area contributed by atoms with Crippen LogP contribution in [0, 0.1) is 0 Å². The van der Waals surface area contributed by atoms with E-state index in [4.69, 9.17) is 9.47 Å². The summed E-state index contributed by atoms with van der Waals surface area (Å²) in [5.41, 5.74) is 2.36. The Bertz CT molecular complexity index is 836. The summed E-state index contributed by atoms with van der Waals surface area (Å²) in [5.74, 6) is 1.92. The Balaban J connectivity index is 1.26. The second-order valence-electron chi connectivity index (χ2n) is 11.6. The Morgan fingerprint density at radius 2 is 0.762 bits per heavy atom. The summed E-state index contributed by atoms with van der Waals surface area (Å²) < 4.78 is 11.0. The highest BCUT2D eigenvalue weighted by molar-refractivity contribution is 5.58. The molecule has 0 radical (unpaired) electrons. The summed E-state index contributed by atoms with van der Waals surface area (Å²) in [4.78, 5) is 4.62. The lowest BCUT2D eigenvalue weighted by atomic mass is 10.1. The lowest BCUT2D eigenvalue weighted by Gasteiger charge is -2.21. The van der Waals surface area contributed by atoms with Crippen molar-refractivity contribution in [2.75, 3.05) is 77.4 Å². The number of hydrogen-bond donors (Lipinski definition) is 2. The SMILES string of the molecule is COc1ccccc1N(C)CCCCCCNCCCCCCCCNCCCCCCN(C)c1ccccc1OC. The van der Waals surface area contributed by atoms with Gasteiger partial charge < -0.3 is 29.9 Å². The van der Waals surface area contributed by atoms with E-state index in [2.05, 4.69) is 58.8 Å². The van der Waals surface area contributed by atoms with E-state index in [1.54, 1.807) is 14.2 Å². The van der Waals surface area contributed by atoms with Crippen molar-refractivity contribution >= 4 is 11.4 Å². The number of nitrogens with one attached hydrogen (secondary N) is 2. The topological polar surface area (TPSA) is 49.0 Å². The highest BCUT2D eigenvalue weighted by Crippen LogP contribution is 2.27. The molecule has 2 aromatic rings. The molecule has 0 bridgehead atoms. The standard InChI is InChI=1S/C36H62N4O2/c1-39(33-23-13-15-25-35(33)41-3)31-21-11-9-19-29-37-27-17-7-5-6-8-18-28-38-30-20-10-12-22-32-40(2)34-24-14-16-26-36(34)42-4/h13-16,23-26,37-38H,5-12,17-22,27-32H2,1-4H3. The van der Waals surface area contributed by atoms with E-state index in [1.165, 1.54) is 114 Å². The molecule has 0 heterocycles. The van der Waals surface area contributed by atoms with Crippen molar-refractivity contribution in [3.05, 3.63) is 48.5 Å². The summed E-state index contributed by atoms with van der Waals surface area (Å²) in [5, 5.41) is 7.29. The van der Waals surface area contributed by atoms with Gasteiger partial charge in [-0.3, -0.25) is 0 Å². The van der Waals surface area contributed by atoms with Crippen LogP contribution in [0.5, 0.6) is 11.5 Å². The van der Waals surface area contributed by atoms with Crippen LogP contribution in [0.4, 0.5) is 11.4 Å². The second kappa shape index (κ2) is 24.0. The molecule has 0 unspecified atom stereocenters. The van der Waals surface area contributed by atoms with Gasteiger partial charge in [-0.2, -0.15) is 0 Å². The molecular formula is C36H62N4O2. The van der Waals surface area contributed by atoms with Crippen LogP contribution in [0.3, 0.4) is 0 Å². The van der Waals surface area contributed by atoms with Crippen LogP contribution in [0.1, 0.15) is 89.9 Å². The normalized spacial score (nSPS) is 11.0. The van der Waals surface area contributed by atoms with Gasteiger partial charge in [-0.05, 0) is 89.0 Å². The number of ether oxygens (including phenoxy) is 2. The molecule has 2 rings (SSSR count). The van der Waals surface area contributed by atoms with Crippen LogP contribution < -0.4 is 29.9 Å². The lowest BCUT2D eigenvalue weighted by Crippen LogP contribution is -2.19. The number of rotatable bonds is 27. The van der Waals surface area contributed by atoms with Gasteiger partial charge in [0, 0.05) is 27.2 Å². The number of hydrogen-bond acceptors (Lipinski definition) is 6. The van der Waals surface area contributed by atoms with Crippen molar-refractivity contribution in [3.63, 3.8) is 0 Å². The zero-order valence-corrected chi connectivity index (χ0v) is 27.5. The summed E-state index contributed by atoms with van der Waals surface area (Å²) in [6, 6.07) is 16.5. The molecule has 0 aliphatic carbocycles. The van der Waals surface area contributed by atoms with Gasteiger partial charge in [-0.15, -0.1) is 0 Å². The monoisotopic (exact) mass is 582 g/mol. The fourth-order valence-electron chi connectivity index (χ4n) is 5.49. The highest BCUT2D eigenvalue weighted by atomic mass is 16.5. The number of unbranched alkanes of at least 4 members (excludes halogenated alkanes) is 11. The lowest BCUT2D eigenvalue weighted by molar-refractivity contribution is 0.414. The van der Waals surface area contributed by atoms with Crippen LogP contribution in [0.25, 0.3) is 0 Å². The van der Waals surface area contributed by atoms with Crippen molar-refractivity contribution in [3.8, 4) is 11.5 Å². The van der Waals surface area contributed by atoms with Gasteiger partial charge in [0.15, 0.2) is 0 Å². The first-order valence-electron chi connectivity index (χ1n) is 16.8. The molecular weight excluding hydrogens is 520 g/mol. The van der Waals surface area contributed by atoms with E-state index in [-0.39, 0.29) is 0 Å². The molecule has 2 aromatic carbocycles. The predicted octanol–water partition coefficient (Wildman–Crippen LogP) is 7.92. The van der Waals surface area contributed by atoms with Crippen molar-refractivity contribution in [1.82, 2.24) is 10.6 Å². The average Bonchev–Trinajstić information content (AvgIpc) is 3.03. The highest BCUT2D eigenvalue weighted by Gasteiger charge is 2.07. The van der Waals surface area contributed by atoms with Gasteiger partial charge in [-0.1, -0.05) is 75.6 Å². The molecule has 0 amide bonds. The van der Waals surface area contributed by atoms with Gasteiger partial charge >= 0.3 is 0 Å². The quantitative estimate of drug-likeness (QED) is 0.104. The van der Waals surface area contributed by atoms with Crippen LogP contribution >= 0.6 is 0 Å². The summed E-state index contributed by atoms with van der Waals surface area (Å²) >= 11 is 0. The third kappa shape index (κ3) is 15.7. The summed E-state index contributed by atoms with van der Waals surface area (Å²) in [6.45, 7) is 6.83. The van der Waals surface area contributed by atoms with E-state index in [0.29, 0.717) is 0 Å². The summed E-state index contributed by atoms with van der Waals surface area (Å²) in [6.07, 6.45) is 18.3. The van der Waals surface area contributed by atoms with E-state index in [9.17, 15) is 0 Å². The minimum Gasteiger partial charge on any atom is -0.495 e. The molecule has 6 heteroatoms. The molecule has 0 atom stereocenters. The molecule has 42 heavy (non-hydrogen) atoms. The maximum Gasteiger partial charge on any atom is 0.142 e. The van der Waals surface area contributed by atoms with Crippen LogP contribution in [-0.4, -0.2) is 67.6 Å². The van der Waals surface area contributed by atoms with Gasteiger partial charge in [0.25, 0.3) is 0 Å². The molecule has 0 aliphatic heterocycles. The van der Waals surface area contributed by atoms with Gasteiger partial charge in [0.1, 0.15) is 11.5 Å². The Hall–Kier alpha value is -2.44. The number of methoxy groups -OCH3 is 2. The molecule has 0 saturated heterocycles. The van der Waals surface area contributed by atoms with E-state index < -0.39 is 0 Å². The molecule has 2 N–H and O–H groups in total. The first-order valence-corrected chi connectivity index (χ1v) is 16.8. The third-order valence-electron chi connectivity index (χ3n) is 8.14. The van der Waals surface area contributed by atoms with E-state index >= 15 is 0 Å². The Labute approximate surface area is 258 Å². The molecule has 238 valence electrons. The zero-order valence-electron chi connectivity index (χ0n) is 27.5. The number of para-hydroxylation sites is 4. The van der Waals surface area contributed by atoms with Crippen molar-refractivity contribution in [2.24, 2.45) is 0 Å². The molecule has 0 aliphatic rings. The average molecular weight is 583 g/mol. The van der Waals surface area contributed by atoms with E-state index in [1.807, 2.05) is 24.3 Å². The van der Waals surface area contributed by atoms with Crippen LogP contribution in [0.15, 0.2) is 48.5 Å². The number of benzene rings is 2. The fourth-order valence-corrected chi connectivity index (χ4v) is 5.49. The molecule has 0 saturated carbocycles. The second-order valence-corrected chi connectivity index (χ2v) is 11.6. The Kier molecular flexibility index (Phi) is 20.5. The maximum atomic E-state index is 5.48. The van der Waals surface area contributed by atoms with E-state index in [0.717, 1.165) is 37.7 Å². The van der Waals surface area contributed by atoms with Gasteiger partial charge in [0.2, 0.25) is 0 Å². The fraction of sp³-hybridized carbons (Fsp3) is 0.667. The zero-order chi connectivity index (χ0) is 30.1.